The van der Waals surface area contributed by atoms with Crippen LogP contribution in [0.4, 0.5) is 4.39 Å². The number of carbonyl (C=O) groups excluding carboxylic acids is 1. The van der Waals surface area contributed by atoms with Crippen molar-refractivity contribution in [3.8, 4) is 0 Å². The second kappa shape index (κ2) is 6.66. The average Bonchev–Trinajstić information content (AvgIpc) is 2.97. The molecular formula is C17H14FN2O4S-. The maximum absolute atomic E-state index is 12.9. The Balaban J connectivity index is 1.86. The monoisotopic (exact) mass is 361 g/mol. The molecule has 0 saturated carbocycles. The van der Waals surface area contributed by atoms with Gasteiger partial charge < -0.3 is 14.9 Å². The third kappa shape index (κ3) is 3.70. The Labute approximate surface area is 143 Å². The number of carboxylic acid groups (broad SMARTS) is 1. The molecule has 25 heavy (non-hydrogen) atoms. The minimum atomic E-state index is -4.13. The number of aliphatic carboxylic acids is 1. The predicted molar refractivity (Wildman–Crippen MR) is 87.5 cm³/mol. The quantitative estimate of drug-likeness (QED) is 0.682. The lowest BCUT2D eigenvalue weighted by molar-refractivity contribution is -0.307. The zero-order chi connectivity index (χ0) is 18.0. The fourth-order valence-electron chi connectivity index (χ4n) is 2.56. The lowest BCUT2D eigenvalue weighted by atomic mass is 10.1. The number of nitrogens with one attached hydrogen (secondary N) is 2. The molecule has 2 N–H and O–H groups in total. The van der Waals surface area contributed by atoms with E-state index < -0.39 is 27.9 Å². The number of hydrogen-bond donors (Lipinski definition) is 2. The molecule has 3 rings (SSSR count). The van der Waals surface area contributed by atoms with E-state index in [1.54, 1.807) is 12.3 Å². The van der Waals surface area contributed by atoms with E-state index >= 15 is 0 Å². The number of aromatic amines is 1. The number of benzene rings is 2. The van der Waals surface area contributed by atoms with E-state index in [9.17, 15) is 22.7 Å². The van der Waals surface area contributed by atoms with Gasteiger partial charge in [0.05, 0.1) is 16.9 Å². The maximum Gasteiger partial charge on any atom is 0.241 e. The highest BCUT2D eigenvalue weighted by Crippen LogP contribution is 2.20. The Morgan fingerprint density at radius 2 is 1.84 bits per heavy atom. The van der Waals surface area contributed by atoms with Gasteiger partial charge in [-0.25, -0.2) is 17.5 Å². The number of sulfonamides is 1. The predicted octanol–water partition coefficient (Wildman–Crippen LogP) is 0.946. The number of aromatic nitrogens is 1. The Hall–Kier alpha value is -2.71. The molecule has 0 spiro atoms. The molecule has 1 atom stereocenters. The molecule has 1 aromatic heterocycles. The first-order chi connectivity index (χ1) is 11.9. The smallest absolute Gasteiger partial charge is 0.241 e. The normalized spacial score (nSPS) is 13.0. The molecule has 2 aromatic carbocycles. The first-order valence-corrected chi connectivity index (χ1v) is 8.89. The minimum Gasteiger partial charge on any atom is -0.548 e. The molecule has 0 unspecified atom stereocenters. The summed E-state index contributed by atoms with van der Waals surface area (Å²) < 4.78 is 39.7. The van der Waals surface area contributed by atoms with Crippen LogP contribution < -0.4 is 9.83 Å². The molecular weight excluding hydrogens is 347 g/mol. The fraction of sp³-hybridized carbons (Fsp3) is 0.118. The van der Waals surface area contributed by atoms with E-state index in [-0.39, 0.29) is 11.3 Å². The SMILES string of the molecule is O=C([O-])[C@H](Cc1c[nH]c2ccccc12)NS(=O)(=O)c1ccc(F)cc1. The van der Waals surface area contributed by atoms with Crippen LogP contribution in [-0.4, -0.2) is 25.4 Å². The van der Waals surface area contributed by atoms with Gasteiger partial charge in [0.25, 0.3) is 0 Å². The summed E-state index contributed by atoms with van der Waals surface area (Å²) in [5.74, 6) is -2.13. The number of para-hydroxylation sites is 1. The van der Waals surface area contributed by atoms with Crippen LogP contribution in [0.5, 0.6) is 0 Å². The maximum atomic E-state index is 12.9. The molecule has 6 nitrogen and oxygen atoms in total. The zero-order valence-corrected chi connectivity index (χ0v) is 13.7. The van der Waals surface area contributed by atoms with Crippen LogP contribution in [0.1, 0.15) is 5.56 Å². The van der Waals surface area contributed by atoms with Crippen molar-refractivity contribution >= 4 is 26.9 Å². The summed E-state index contributed by atoms with van der Waals surface area (Å²) >= 11 is 0. The van der Waals surface area contributed by atoms with Crippen LogP contribution >= 0.6 is 0 Å². The van der Waals surface area contributed by atoms with Gasteiger partial charge in [0.2, 0.25) is 10.0 Å². The van der Waals surface area contributed by atoms with E-state index in [2.05, 4.69) is 9.71 Å². The van der Waals surface area contributed by atoms with Gasteiger partial charge >= 0.3 is 0 Å². The van der Waals surface area contributed by atoms with Gasteiger partial charge in [-0.1, -0.05) is 18.2 Å². The van der Waals surface area contributed by atoms with Crippen molar-refractivity contribution < 1.29 is 22.7 Å². The van der Waals surface area contributed by atoms with Gasteiger partial charge in [-0.2, -0.15) is 0 Å². The Kier molecular flexibility index (Phi) is 4.56. The molecule has 0 aliphatic heterocycles. The van der Waals surface area contributed by atoms with Crippen LogP contribution in [-0.2, 0) is 21.2 Å². The highest BCUT2D eigenvalue weighted by Gasteiger charge is 2.22. The lowest BCUT2D eigenvalue weighted by Crippen LogP contribution is -2.49. The minimum absolute atomic E-state index is 0.0905. The van der Waals surface area contributed by atoms with Crippen molar-refractivity contribution in [2.24, 2.45) is 0 Å². The fourth-order valence-corrected chi connectivity index (χ4v) is 3.75. The van der Waals surface area contributed by atoms with Crippen molar-refractivity contribution in [2.75, 3.05) is 0 Å². The zero-order valence-electron chi connectivity index (χ0n) is 12.9. The molecule has 0 amide bonds. The highest BCUT2D eigenvalue weighted by molar-refractivity contribution is 7.89. The van der Waals surface area contributed by atoms with Gasteiger partial charge in [-0.3, -0.25) is 0 Å². The molecule has 130 valence electrons. The Bertz CT molecular complexity index is 1010. The van der Waals surface area contributed by atoms with Crippen molar-refractivity contribution in [1.29, 1.82) is 0 Å². The van der Waals surface area contributed by atoms with Crippen molar-refractivity contribution in [3.63, 3.8) is 0 Å². The summed E-state index contributed by atoms with van der Waals surface area (Å²) in [6, 6.07) is 9.91. The van der Waals surface area contributed by atoms with Crippen molar-refractivity contribution in [3.05, 3.63) is 66.1 Å². The number of carboxylic acids is 1. The molecule has 0 aliphatic rings. The number of carbonyl (C=O) groups is 1. The van der Waals surface area contributed by atoms with E-state index in [1.165, 1.54) is 0 Å². The lowest BCUT2D eigenvalue weighted by Gasteiger charge is -2.19. The molecule has 0 aliphatic carbocycles. The standard InChI is InChI=1S/C17H15FN2O4S/c18-12-5-7-13(8-6-12)25(23,24)20-16(17(21)22)9-11-10-19-15-4-2-1-3-14(11)15/h1-8,10,16,19-20H,9H2,(H,21,22)/p-1/t16-/m0/s1. The topological polar surface area (TPSA) is 102 Å². The average molecular weight is 361 g/mol. The first kappa shape index (κ1) is 17.1. The first-order valence-electron chi connectivity index (χ1n) is 7.40. The van der Waals surface area contributed by atoms with E-state index in [4.69, 9.17) is 0 Å². The molecule has 1 heterocycles. The molecule has 3 aromatic rings. The second-order valence-electron chi connectivity index (χ2n) is 5.51. The largest absolute Gasteiger partial charge is 0.548 e. The summed E-state index contributed by atoms with van der Waals surface area (Å²) in [5, 5.41) is 12.2. The number of H-pyrrole nitrogens is 1. The van der Waals surface area contributed by atoms with Crippen LogP contribution in [0.3, 0.4) is 0 Å². The summed E-state index contributed by atoms with van der Waals surface area (Å²) in [4.78, 5) is 14.2. The van der Waals surface area contributed by atoms with Gasteiger partial charge in [0.1, 0.15) is 5.82 Å². The highest BCUT2D eigenvalue weighted by atomic mass is 32.2. The van der Waals surface area contributed by atoms with Crippen LogP contribution in [0.25, 0.3) is 10.9 Å². The van der Waals surface area contributed by atoms with E-state index in [1.807, 2.05) is 18.2 Å². The van der Waals surface area contributed by atoms with Crippen LogP contribution in [0.2, 0.25) is 0 Å². The van der Waals surface area contributed by atoms with Gasteiger partial charge in [0, 0.05) is 17.1 Å². The second-order valence-corrected chi connectivity index (χ2v) is 7.22. The summed E-state index contributed by atoms with van der Waals surface area (Å²) in [6.45, 7) is 0. The number of fused-ring (bicyclic) bond motifs is 1. The summed E-state index contributed by atoms with van der Waals surface area (Å²) in [5.41, 5.74) is 1.46. The van der Waals surface area contributed by atoms with E-state index in [0.29, 0.717) is 5.56 Å². The number of halogens is 1. The Morgan fingerprint density at radius 3 is 2.52 bits per heavy atom. The Morgan fingerprint density at radius 1 is 1.16 bits per heavy atom. The summed E-state index contributed by atoms with van der Waals surface area (Å²) in [6.07, 6.45) is 1.54. The number of hydrogen-bond acceptors (Lipinski definition) is 4. The molecule has 0 saturated heterocycles. The third-order valence-corrected chi connectivity index (χ3v) is 5.29. The molecule has 0 fully saturated rings. The number of rotatable bonds is 6. The van der Waals surface area contributed by atoms with Crippen LogP contribution in [0, 0.1) is 5.82 Å². The third-order valence-electron chi connectivity index (χ3n) is 3.80. The molecule has 0 bridgehead atoms. The van der Waals surface area contributed by atoms with Gasteiger partial charge in [-0.05, 0) is 42.3 Å². The van der Waals surface area contributed by atoms with Crippen LogP contribution in [0.15, 0.2) is 59.6 Å². The van der Waals surface area contributed by atoms with Crippen molar-refractivity contribution in [1.82, 2.24) is 9.71 Å². The van der Waals surface area contributed by atoms with Gasteiger partial charge in [-0.15, -0.1) is 0 Å². The molecule has 0 radical (unpaired) electrons. The van der Waals surface area contributed by atoms with Crippen molar-refractivity contribution in [2.45, 2.75) is 17.4 Å². The molecule has 8 heteroatoms. The van der Waals surface area contributed by atoms with Gasteiger partial charge in [0.15, 0.2) is 0 Å². The van der Waals surface area contributed by atoms with E-state index in [0.717, 1.165) is 35.2 Å². The summed E-state index contributed by atoms with van der Waals surface area (Å²) in [7, 11) is -4.13.